The van der Waals surface area contributed by atoms with Crippen molar-refractivity contribution >= 4 is 34.1 Å². The van der Waals surface area contributed by atoms with Crippen molar-refractivity contribution in [1.82, 2.24) is 15.1 Å². The van der Waals surface area contributed by atoms with Crippen LogP contribution in [0.3, 0.4) is 0 Å². The van der Waals surface area contributed by atoms with Crippen molar-refractivity contribution in [3.8, 4) is 11.5 Å². The molecule has 1 aromatic heterocycles. The van der Waals surface area contributed by atoms with E-state index >= 15 is 0 Å². The van der Waals surface area contributed by atoms with Gasteiger partial charge in [-0.15, -0.1) is 5.10 Å². The van der Waals surface area contributed by atoms with Crippen molar-refractivity contribution in [3.63, 3.8) is 0 Å². The topological polar surface area (TPSA) is 64.5 Å². The number of halogens is 1. The summed E-state index contributed by atoms with van der Waals surface area (Å²) in [5, 5.41) is 7.39. The van der Waals surface area contributed by atoms with Crippen molar-refractivity contribution in [3.05, 3.63) is 33.6 Å². The van der Waals surface area contributed by atoms with Gasteiger partial charge in [-0.1, -0.05) is 22.0 Å². The van der Waals surface area contributed by atoms with E-state index in [1.54, 1.807) is 4.68 Å². The van der Waals surface area contributed by atoms with Crippen LogP contribution >= 0.6 is 28.1 Å². The van der Waals surface area contributed by atoms with Gasteiger partial charge < -0.3 is 14.6 Å². The molecule has 122 valence electrons. The smallest absolute Gasteiger partial charge is 0.292 e. The molecule has 1 heterocycles. The number of nitrogens with zero attached hydrogens (tertiary/aromatic N) is 2. The SMILES string of the molecule is C[NH+](CC(=O)NC1CC1)Cn1nc(-c2cccc(Br)c2)oc1=S. The third kappa shape index (κ3) is 4.49. The first-order valence-corrected chi connectivity index (χ1v) is 8.66. The molecule has 2 aromatic rings. The van der Waals surface area contributed by atoms with Crippen LogP contribution in [0.4, 0.5) is 0 Å². The Morgan fingerprint density at radius 2 is 2.35 bits per heavy atom. The predicted molar refractivity (Wildman–Crippen MR) is 91.4 cm³/mol. The Morgan fingerprint density at radius 1 is 1.57 bits per heavy atom. The molecule has 6 nitrogen and oxygen atoms in total. The number of hydrogen-bond acceptors (Lipinski definition) is 4. The van der Waals surface area contributed by atoms with Gasteiger partial charge in [0.25, 0.3) is 10.7 Å². The normalized spacial score (nSPS) is 15.4. The molecule has 1 unspecified atom stereocenters. The highest BCUT2D eigenvalue weighted by atomic mass is 79.9. The number of amides is 1. The van der Waals surface area contributed by atoms with E-state index in [1.807, 2.05) is 31.3 Å². The lowest BCUT2D eigenvalue weighted by molar-refractivity contribution is -0.895. The molecule has 1 amide bonds. The van der Waals surface area contributed by atoms with Gasteiger partial charge in [0, 0.05) is 16.1 Å². The van der Waals surface area contributed by atoms with Gasteiger partial charge in [0.05, 0.1) is 7.05 Å². The maximum atomic E-state index is 11.8. The van der Waals surface area contributed by atoms with Crippen LogP contribution in [0.2, 0.25) is 0 Å². The molecule has 1 aliphatic rings. The summed E-state index contributed by atoms with van der Waals surface area (Å²) in [7, 11) is 1.93. The van der Waals surface area contributed by atoms with Crippen molar-refractivity contribution in [2.45, 2.75) is 25.6 Å². The molecule has 0 radical (unpaired) electrons. The van der Waals surface area contributed by atoms with Gasteiger partial charge >= 0.3 is 0 Å². The Labute approximate surface area is 147 Å². The molecular formula is C15H18BrN4O2S+. The minimum Gasteiger partial charge on any atom is -0.409 e. The molecule has 3 rings (SSSR count). The first-order chi connectivity index (χ1) is 11.0. The van der Waals surface area contributed by atoms with Crippen LogP contribution in [0.25, 0.3) is 11.5 Å². The van der Waals surface area contributed by atoms with E-state index in [0.29, 0.717) is 30.0 Å². The minimum atomic E-state index is 0.0622. The fourth-order valence-corrected chi connectivity index (χ4v) is 2.82. The zero-order chi connectivity index (χ0) is 16.4. The first kappa shape index (κ1) is 16.4. The molecule has 1 aliphatic carbocycles. The number of nitrogens with one attached hydrogen (secondary N) is 2. The molecule has 2 N–H and O–H groups in total. The Bertz CT molecular complexity index is 769. The van der Waals surface area contributed by atoms with Gasteiger partial charge in [-0.05, 0) is 43.3 Å². The highest BCUT2D eigenvalue weighted by Crippen LogP contribution is 2.21. The fourth-order valence-electron chi connectivity index (χ4n) is 2.24. The summed E-state index contributed by atoms with van der Waals surface area (Å²) < 4.78 is 8.13. The van der Waals surface area contributed by atoms with Crippen LogP contribution < -0.4 is 10.2 Å². The van der Waals surface area contributed by atoms with E-state index in [-0.39, 0.29) is 5.91 Å². The van der Waals surface area contributed by atoms with E-state index in [2.05, 4.69) is 26.3 Å². The molecule has 23 heavy (non-hydrogen) atoms. The molecule has 1 atom stereocenters. The molecule has 8 heteroatoms. The number of benzene rings is 1. The molecule has 0 spiro atoms. The van der Waals surface area contributed by atoms with E-state index in [9.17, 15) is 4.79 Å². The number of likely N-dealkylation sites (N-methyl/N-ethyl adjacent to an activating group) is 1. The van der Waals surface area contributed by atoms with Gasteiger partial charge in [0.2, 0.25) is 5.89 Å². The molecule has 0 bridgehead atoms. The lowest BCUT2D eigenvalue weighted by atomic mass is 10.2. The lowest BCUT2D eigenvalue weighted by Gasteiger charge is -2.12. The standard InChI is InChI=1S/C15H17BrN4O2S/c1-19(8-13(21)17-12-5-6-12)9-20-15(23)22-14(18-20)10-3-2-4-11(16)7-10/h2-4,7,12H,5-6,8-9H2,1H3,(H,17,21)/p+1. The van der Waals surface area contributed by atoms with Crippen molar-refractivity contribution < 1.29 is 14.1 Å². The van der Waals surface area contributed by atoms with E-state index in [0.717, 1.165) is 27.8 Å². The Kier molecular flexibility index (Phi) is 4.93. The average molecular weight is 398 g/mol. The number of quaternary nitrogens is 1. The molecule has 1 saturated carbocycles. The van der Waals surface area contributed by atoms with Gasteiger partial charge in [-0.3, -0.25) is 4.79 Å². The second-order valence-corrected chi connectivity index (χ2v) is 7.08. The number of carbonyl (C=O) groups excluding carboxylic acids is 1. The van der Waals surface area contributed by atoms with Gasteiger partial charge in [-0.25, -0.2) is 0 Å². The van der Waals surface area contributed by atoms with Gasteiger partial charge in [-0.2, -0.15) is 4.68 Å². The first-order valence-electron chi connectivity index (χ1n) is 7.46. The zero-order valence-corrected chi connectivity index (χ0v) is 15.1. The highest BCUT2D eigenvalue weighted by molar-refractivity contribution is 9.10. The summed E-state index contributed by atoms with van der Waals surface area (Å²) >= 11 is 8.65. The number of aromatic nitrogens is 2. The second kappa shape index (κ2) is 6.94. The quantitative estimate of drug-likeness (QED) is 0.722. The van der Waals surface area contributed by atoms with E-state index < -0.39 is 0 Å². The highest BCUT2D eigenvalue weighted by Gasteiger charge is 2.24. The van der Waals surface area contributed by atoms with Crippen LogP contribution in [-0.4, -0.2) is 35.3 Å². The Hall–Kier alpha value is -1.51. The molecule has 0 saturated heterocycles. The van der Waals surface area contributed by atoms with Crippen LogP contribution in [0.15, 0.2) is 33.2 Å². The number of rotatable bonds is 6. The van der Waals surface area contributed by atoms with Crippen LogP contribution in [0.1, 0.15) is 12.8 Å². The van der Waals surface area contributed by atoms with E-state index in [1.165, 1.54) is 0 Å². The molecular weight excluding hydrogens is 380 g/mol. The maximum Gasteiger partial charge on any atom is 0.292 e. The predicted octanol–water partition coefficient (Wildman–Crippen LogP) is 1.39. The van der Waals surface area contributed by atoms with Crippen LogP contribution in [0.5, 0.6) is 0 Å². The maximum absolute atomic E-state index is 11.8. The van der Waals surface area contributed by atoms with E-state index in [4.69, 9.17) is 16.6 Å². The third-order valence-corrected chi connectivity index (χ3v) is 4.29. The summed E-state index contributed by atoms with van der Waals surface area (Å²) in [6.07, 6.45) is 2.18. The fraction of sp³-hybridized carbons (Fsp3) is 0.400. The second-order valence-electron chi connectivity index (χ2n) is 5.82. The summed E-state index contributed by atoms with van der Waals surface area (Å²) in [6.45, 7) is 0.867. The average Bonchev–Trinajstić information content (AvgIpc) is 3.21. The lowest BCUT2D eigenvalue weighted by Crippen LogP contribution is -3.09. The number of hydrogen-bond donors (Lipinski definition) is 2. The van der Waals surface area contributed by atoms with Gasteiger partial charge in [0.1, 0.15) is 0 Å². The summed E-state index contributed by atoms with van der Waals surface area (Å²) in [4.78, 5) is 13.1. The largest absolute Gasteiger partial charge is 0.409 e. The molecule has 0 aliphatic heterocycles. The van der Waals surface area contributed by atoms with Crippen LogP contribution in [-0.2, 0) is 11.5 Å². The minimum absolute atomic E-state index is 0.0622. The zero-order valence-electron chi connectivity index (χ0n) is 12.7. The van der Waals surface area contributed by atoms with Crippen molar-refractivity contribution in [2.24, 2.45) is 0 Å². The van der Waals surface area contributed by atoms with Crippen molar-refractivity contribution in [2.75, 3.05) is 13.6 Å². The third-order valence-electron chi connectivity index (χ3n) is 3.50. The van der Waals surface area contributed by atoms with Gasteiger partial charge in [0.15, 0.2) is 13.2 Å². The van der Waals surface area contributed by atoms with Crippen LogP contribution in [0, 0.1) is 4.84 Å². The monoisotopic (exact) mass is 397 g/mol. The summed E-state index contributed by atoms with van der Waals surface area (Å²) in [5.74, 6) is 0.541. The van der Waals surface area contributed by atoms with Crippen molar-refractivity contribution in [1.29, 1.82) is 0 Å². The summed E-state index contributed by atoms with van der Waals surface area (Å²) in [6, 6.07) is 8.06. The molecule has 1 aromatic carbocycles. The number of carbonyl (C=O) groups is 1. The molecule has 1 fully saturated rings. The Morgan fingerprint density at radius 3 is 3.04 bits per heavy atom. The Balaban J connectivity index is 1.66. The summed E-state index contributed by atoms with van der Waals surface area (Å²) in [5.41, 5.74) is 0.855.